The second kappa shape index (κ2) is 7.64. The van der Waals surface area contributed by atoms with Gasteiger partial charge in [0.05, 0.1) is 6.61 Å². The predicted molar refractivity (Wildman–Crippen MR) is 87.9 cm³/mol. The summed E-state index contributed by atoms with van der Waals surface area (Å²) >= 11 is -0.740. The Morgan fingerprint density at radius 3 is 2.68 bits per heavy atom. The lowest BCUT2D eigenvalue weighted by atomic mass is 10.2. The van der Waals surface area contributed by atoms with Crippen LogP contribution in [0.25, 0.3) is 0 Å². The van der Waals surface area contributed by atoms with Crippen molar-refractivity contribution < 1.29 is 18.6 Å². The quantitative estimate of drug-likeness (QED) is 0.624. The molecule has 0 spiro atoms. The van der Waals surface area contributed by atoms with Crippen LogP contribution in [0, 0.1) is 6.92 Å². The molecule has 0 heterocycles. The summed E-state index contributed by atoms with van der Waals surface area (Å²) in [5, 5.41) is 9.43. The number of thioether (sulfide) groups is 1. The molecule has 5 nitrogen and oxygen atoms in total. The number of nitrogens with one attached hydrogen (secondary N) is 1. The summed E-state index contributed by atoms with van der Waals surface area (Å²) in [6, 6.07) is 10.5. The molecular weight excluding hydrogens is 322 g/mol. The van der Waals surface area contributed by atoms with Crippen LogP contribution >= 0.6 is 11.8 Å². The van der Waals surface area contributed by atoms with Crippen molar-refractivity contribution in [2.24, 2.45) is 0 Å². The maximum atomic E-state index is 10.6. The number of aliphatic hydroxyl groups excluding tert-OH is 1. The van der Waals surface area contributed by atoms with Gasteiger partial charge in [-0.2, -0.15) is 0 Å². The van der Waals surface area contributed by atoms with Gasteiger partial charge >= 0.3 is 0 Å². The number of hydrogen-bond acceptors (Lipinski definition) is 5. The van der Waals surface area contributed by atoms with Crippen LogP contribution in [0.2, 0.25) is 0 Å². The Morgan fingerprint density at radius 1 is 1.32 bits per heavy atom. The van der Waals surface area contributed by atoms with E-state index in [1.807, 2.05) is 31.4 Å². The van der Waals surface area contributed by atoms with E-state index < -0.39 is 11.3 Å². The van der Waals surface area contributed by atoms with Crippen molar-refractivity contribution in [2.45, 2.75) is 18.4 Å². The van der Waals surface area contributed by atoms with Gasteiger partial charge < -0.3 is 19.1 Å². The first kappa shape index (κ1) is 16.8. The highest BCUT2D eigenvalue weighted by molar-refractivity contribution is 7.98. The SMILES string of the molecule is CSc1ccc(Oc2ccc(NS(=O)[O-])cc2CO)cc1C. The molecule has 0 aliphatic carbocycles. The van der Waals surface area contributed by atoms with Crippen molar-refractivity contribution in [3.8, 4) is 11.5 Å². The van der Waals surface area contributed by atoms with Crippen molar-refractivity contribution in [3.05, 3.63) is 47.5 Å². The third kappa shape index (κ3) is 4.23. The third-order valence-corrected chi connectivity index (χ3v) is 4.33. The number of hydrogen-bond donors (Lipinski definition) is 2. The maximum Gasteiger partial charge on any atom is 0.133 e. The number of benzene rings is 2. The predicted octanol–water partition coefficient (Wildman–Crippen LogP) is 3.21. The van der Waals surface area contributed by atoms with Crippen molar-refractivity contribution in [1.29, 1.82) is 0 Å². The standard InChI is InChI=1S/C15H17NO4S2/c1-10-7-13(4-6-15(10)21-2)20-14-5-3-12(16-22(18)19)8-11(14)9-17/h3-8,16-17H,9H2,1-2H3,(H,18,19)/p-1. The second-order valence-electron chi connectivity index (χ2n) is 4.55. The van der Waals surface area contributed by atoms with Gasteiger partial charge in [-0.25, -0.2) is 0 Å². The Morgan fingerprint density at radius 2 is 2.09 bits per heavy atom. The topological polar surface area (TPSA) is 81.6 Å². The van der Waals surface area contributed by atoms with Gasteiger partial charge in [-0.3, -0.25) is 4.21 Å². The van der Waals surface area contributed by atoms with Gasteiger partial charge in [0.25, 0.3) is 0 Å². The molecule has 1 atom stereocenters. The number of rotatable bonds is 6. The summed E-state index contributed by atoms with van der Waals surface area (Å²) in [4.78, 5) is 1.17. The number of ether oxygens (including phenoxy) is 1. The van der Waals surface area contributed by atoms with Crippen LogP contribution in [-0.4, -0.2) is 20.1 Å². The van der Waals surface area contributed by atoms with E-state index in [1.165, 1.54) is 11.0 Å². The largest absolute Gasteiger partial charge is 0.755 e. The molecule has 2 aromatic carbocycles. The van der Waals surface area contributed by atoms with Crippen LogP contribution in [0.3, 0.4) is 0 Å². The first-order chi connectivity index (χ1) is 10.5. The van der Waals surface area contributed by atoms with Crippen LogP contribution in [-0.2, 0) is 17.9 Å². The van der Waals surface area contributed by atoms with Crippen molar-refractivity contribution in [1.82, 2.24) is 0 Å². The molecule has 7 heteroatoms. The van der Waals surface area contributed by atoms with E-state index in [0.29, 0.717) is 22.7 Å². The highest BCUT2D eigenvalue weighted by Gasteiger charge is 2.07. The van der Waals surface area contributed by atoms with Gasteiger partial charge in [-0.15, -0.1) is 11.8 Å². The molecule has 1 unspecified atom stereocenters. The molecule has 0 bridgehead atoms. The molecule has 0 aliphatic rings. The molecule has 22 heavy (non-hydrogen) atoms. The van der Waals surface area contributed by atoms with E-state index in [1.54, 1.807) is 23.9 Å². The van der Waals surface area contributed by atoms with Crippen LogP contribution < -0.4 is 9.46 Å². The van der Waals surface area contributed by atoms with E-state index in [-0.39, 0.29) is 6.61 Å². The average Bonchev–Trinajstić information content (AvgIpc) is 2.48. The minimum atomic E-state index is -2.40. The fourth-order valence-corrected chi connectivity index (χ4v) is 2.91. The molecule has 2 rings (SSSR count). The summed E-state index contributed by atoms with van der Waals surface area (Å²) < 4.78 is 29.3. The van der Waals surface area contributed by atoms with E-state index in [2.05, 4.69) is 4.72 Å². The zero-order valence-electron chi connectivity index (χ0n) is 12.2. The van der Waals surface area contributed by atoms with Gasteiger partial charge in [0.15, 0.2) is 0 Å². The Hall–Kier alpha value is -1.54. The Balaban J connectivity index is 2.25. The average molecular weight is 338 g/mol. The zero-order chi connectivity index (χ0) is 16.1. The summed E-state index contributed by atoms with van der Waals surface area (Å²) in [5.74, 6) is 1.15. The van der Waals surface area contributed by atoms with Crippen molar-refractivity contribution >= 4 is 28.7 Å². The van der Waals surface area contributed by atoms with Gasteiger partial charge in [0.2, 0.25) is 0 Å². The minimum absolute atomic E-state index is 0.252. The fourth-order valence-electron chi connectivity index (χ4n) is 2.00. The second-order valence-corrected chi connectivity index (χ2v) is 6.07. The van der Waals surface area contributed by atoms with Crippen LogP contribution in [0.5, 0.6) is 11.5 Å². The molecule has 0 saturated carbocycles. The summed E-state index contributed by atoms with van der Waals surface area (Å²) in [7, 11) is 0. The molecule has 0 amide bonds. The molecule has 2 aromatic rings. The van der Waals surface area contributed by atoms with Crippen LogP contribution in [0.15, 0.2) is 41.3 Å². The van der Waals surface area contributed by atoms with E-state index in [9.17, 15) is 13.9 Å². The van der Waals surface area contributed by atoms with Gasteiger partial charge in [0.1, 0.15) is 11.5 Å². The third-order valence-electron chi connectivity index (χ3n) is 3.03. The maximum absolute atomic E-state index is 10.6. The smallest absolute Gasteiger partial charge is 0.133 e. The molecule has 0 aliphatic heterocycles. The Kier molecular flexibility index (Phi) is 5.84. The molecule has 0 aromatic heterocycles. The fraction of sp³-hybridized carbons (Fsp3) is 0.200. The first-order valence-corrected chi connectivity index (χ1v) is 8.75. The van der Waals surface area contributed by atoms with Crippen molar-refractivity contribution in [2.75, 3.05) is 11.0 Å². The summed E-state index contributed by atoms with van der Waals surface area (Å²) in [6.45, 7) is 1.75. The van der Waals surface area contributed by atoms with E-state index >= 15 is 0 Å². The van der Waals surface area contributed by atoms with Crippen LogP contribution in [0.1, 0.15) is 11.1 Å². The highest BCUT2D eigenvalue weighted by Crippen LogP contribution is 2.31. The Bertz CT molecular complexity index is 691. The van der Waals surface area contributed by atoms with Gasteiger partial charge in [-0.05, 0) is 55.1 Å². The molecule has 0 radical (unpaired) electrons. The Labute approximate surface area is 136 Å². The lowest BCUT2D eigenvalue weighted by molar-refractivity contribution is 0.276. The van der Waals surface area contributed by atoms with Crippen molar-refractivity contribution in [3.63, 3.8) is 0 Å². The zero-order valence-corrected chi connectivity index (χ0v) is 13.8. The normalized spacial score (nSPS) is 12.0. The van der Waals surface area contributed by atoms with Crippen LogP contribution in [0.4, 0.5) is 5.69 Å². The van der Waals surface area contributed by atoms with Gasteiger partial charge in [0, 0.05) is 27.4 Å². The molecule has 0 fully saturated rings. The first-order valence-electron chi connectivity index (χ1n) is 6.45. The molecule has 2 N–H and O–H groups in total. The highest BCUT2D eigenvalue weighted by atomic mass is 32.2. The lowest BCUT2D eigenvalue weighted by Gasteiger charge is -2.14. The summed E-state index contributed by atoms with van der Waals surface area (Å²) in [6.07, 6.45) is 2.01. The number of aryl methyl sites for hydroxylation is 1. The molecule has 118 valence electrons. The summed E-state index contributed by atoms with van der Waals surface area (Å²) in [5.41, 5.74) is 1.98. The van der Waals surface area contributed by atoms with E-state index in [0.717, 1.165) is 5.56 Å². The molecule has 0 saturated heterocycles. The minimum Gasteiger partial charge on any atom is -0.755 e. The number of aliphatic hydroxyl groups is 1. The van der Waals surface area contributed by atoms with E-state index in [4.69, 9.17) is 4.74 Å². The lowest BCUT2D eigenvalue weighted by Crippen LogP contribution is -2.03. The number of anilines is 1. The monoisotopic (exact) mass is 338 g/mol. The van der Waals surface area contributed by atoms with Gasteiger partial charge in [-0.1, -0.05) is 0 Å². The molecular formula is C15H16NO4S2-.